The molecule has 0 aromatic heterocycles. The Morgan fingerprint density at radius 3 is 2.68 bits per heavy atom. The number of halogens is 1. The zero-order valence-corrected chi connectivity index (χ0v) is 18.5. The van der Waals surface area contributed by atoms with Crippen molar-refractivity contribution in [1.82, 2.24) is 15.5 Å². The maximum atomic E-state index is 5.76. The Kier molecular flexibility index (Phi) is 11.3. The van der Waals surface area contributed by atoms with Crippen molar-refractivity contribution < 1.29 is 9.47 Å². The van der Waals surface area contributed by atoms with Crippen LogP contribution in [-0.4, -0.2) is 76.1 Å². The van der Waals surface area contributed by atoms with Gasteiger partial charge in [-0.15, -0.1) is 24.0 Å². The number of likely N-dealkylation sites (tertiary alicyclic amines) is 1. The summed E-state index contributed by atoms with van der Waals surface area (Å²) in [6, 6.07) is 0.742. The van der Waals surface area contributed by atoms with Gasteiger partial charge in [0.2, 0.25) is 0 Å². The Hall–Kier alpha value is -0.120. The fourth-order valence-corrected chi connectivity index (χ4v) is 3.64. The molecule has 2 aliphatic heterocycles. The number of hydrogen-bond acceptors (Lipinski definition) is 4. The summed E-state index contributed by atoms with van der Waals surface area (Å²) in [7, 11) is 3.62. The second-order valence-corrected chi connectivity index (χ2v) is 7.09. The van der Waals surface area contributed by atoms with Crippen LogP contribution in [0.1, 0.15) is 45.4 Å². The predicted molar refractivity (Wildman–Crippen MR) is 114 cm³/mol. The molecule has 0 aromatic rings. The lowest BCUT2D eigenvalue weighted by molar-refractivity contribution is -0.0855. The molecule has 0 aromatic carbocycles. The van der Waals surface area contributed by atoms with Gasteiger partial charge in [-0.25, -0.2) is 0 Å². The first-order chi connectivity index (χ1) is 11.7. The van der Waals surface area contributed by atoms with Crippen molar-refractivity contribution in [1.29, 1.82) is 0 Å². The summed E-state index contributed by atoms with van der Waals surface area (Å²) in [5, 5.41) is 6.85. The van der Waals surface area contributed by atoms with Gasteiger partial charge in [-0.05, 0) is 32.7 Å². The number of ether oxygens (including phenoxy) is 2. The zero-order valence-electron chi connectivity index (χ0n) is 16.2. The van der Waals surface area contributed by atoms with Gasteiger partial charge in [-0.3, -0.25) is 4.99 Å². The summed E-state index contributed by atoms with van der Waals surface area (Å²) in [6.07, 6.45) is 7.09. The molecular formula is C18H37IN4O2. The minimum atomic E-state index is -0.126. The van der Waals surface area contributed by atoms with Crippen LogP contribution in [0.2, 0.25) is 0 Å². The molecule has 7 heteroatoms. The molecule has 2 aliphatic rings. The molecule has 1 atom stereocenters. The van der Waals surface area contributed by atoms with Crippen LogP contribution in [0.25, 0.3) is 0 Å². The van der Waals surface area contributed by atoms with Crippen molar-refractivity contribution in [2.45, 2.75) is 57.1 Å². The summed E-state index contributed by atoms with van der Waals surface area (Å²) in [4.78, 5) is 6.95. The van der Waals surface area contributed by atoms with E-state index in [9.17, 15) is 0 Å². The first-order valence-corrected chi connectivity index (χ1v) is 9.50. The van der Waals surface area contributed by atoms with Crippen molar-refractivity contribution in [2.24, 2.45) is 4.99 Å². The lowest BCUT2D eigenvalue weighted by atomic mass is 9.94. The van der Waals surface area contributed by atoms with E-state index in [2.05, 4.69) is 27.4 Å². The first kappa shape index (κ1) is 22.9. The largest absolute Gasteiger partial charge is 0.381 e. The number of methoxy groups -OCH3 is 1. The molecule has 6 nitrogen and oxygen atoms in total. The van der Waals surface area contributed by atoms with E-state index in [1.54, 1.807) is 7.11 Å². The summed E-state index contributed by atoms with van der Waals surface area (Å²) in [6.45, 7) is 8.05. The Balaban J connectivity index is 0.00000312. The van der Waals surface area contributed by atoms with Crippen LogP contribution >= 0.6 is 24.0 Å². The van der Waals surface area contributed by atoms with Crippen molar-refractivity contribution in [3.8, 4) is 0 Å². The number of nitrogens with zero attached hydrogens (tertiary/aromatic N) is 2. The Labute approximate surface area is 170 Å². The SMILES string of the molecule is CN=C(NCCCN1CCCCC1C)NCC1(OC)CCOCC1.I. The van der Waals surface area contributed by atoms with Gasteiger partial charge in [-0.2, -0.15) is 0 Å². The van der Waals surface area contributed by atoms with Crippen LogP contribution in [0.5, 0.6) is 0 Å². The fourth-order valence-electron chi connectivity index (χ4n) is 3.64. The third-order valence-electron chi connectivity index (χ3n) is 5.49. The van der Waals surface area contributed by atoms with Crippen LogP contribution in [-0.2, 0) is 9.47 Å². The number of piperidine rings is 1. The highest BCUT2D eigenvalue weighted by molar-refractivity contribution is 14.0. The number of guanidine groups is 1. The molecule has 0 amide bonds. The van der Waals surface area contributed by atoms with Gasteiger partial charge in [0.15, 0.2) is 5.96 Å². The second-order valence-electron chi connectivity index (χ2n) is 7.09. The average Bonchev–Trinajstić information content (AvgIpc) is 2.63. The Morgan fingerprint density at radius 2 is 2.04 bits per heavy atom. The molecule has 0 bridgehead atoms. The maximum Gasteiger partial charge on any atom is 0.191 e. The van der Waals surface area contributed by atoms with Gasteiger partial charge in [-0.1, -0.05) is 6.42 Å². The van der Waals surface area contributed by atoms with Crippen molar-refractivity contribution in [2.75, 3.05) is 53.6 Å². The van der Waals surface area contributed by atoms with Crippen LogP contribution in [0, 0.1) is 0 Å². The lowest BCUT2D eigenvalue weighted by Gasteiger charge is -2.36. The van der Waals surface area contributed by atoms with Crippen molar-refractivity contribution in [3.63, 3.8) is 0 Å². The van der Waals surface area contributed by atoms with Gasteiger partial charge >= 0.3 is 0 Å². The standard InChI is InChI=1S/C18H36N4O2.HI/c1-16-7-4-5-11-22(16)12-6-10-20-17(19-2)21-15-18(23-3)8-13-24-14-9-18;/h16H,4-15H2,1-3H3,(H2,19,20,21);1H. The Bertz CT molecular complexity index is 389. The number of rotatable bonds is 7. The van der Waals surface area contributed by atoms with Crippen LogP contribution in [0.15, 0.2) is 4.99 Å². The molecule has 2 fully saturated rings. The molecule has 0 radical (unpaired) electrons. The number of hydrogen-bond donors (Lipinski definition) is 2. The molecule has 2 saturated heterocycles. The highest BCUT2D eigenvalue weighted by Crippen LogP contribution is 2.23. The van der Waals surface area contributed by atoms with Crippen molar-refractivity contribution in [3.05, 3.63) is 0 Å². The smallest absolute Gasteiger partial charge is 0.191 e. The van der Waals surface area contributed by atoms with Gasteiger partial charge in [0.25, 0.3) is 0 Å². The summed E-state index contributed by atoms with van der Waals surface area (Å²) < 4.78 is 11.2. The van der Waals surface area contributed by atoms with E-state index in [1.165, 1.54) is 32.4 Å². The Morgan fingerprint density at radius 1 is 1.28 bits per heavy atom. The minimum absolute atomic E-state index is 0. The minimum Gasteiger partial charge on any atom is -0.381 e. The van der Waals surface area contributed by atoms with E-state index in [-0.39, 0.29) is 29.6 Å². The molecule has 0 spiro atoms. The summed E-state index contributed by atoms with van der Waals surface area (Å²) >= 11 is 0. The summed E-state index contributed by atoms with van der Waals surface area (Å²) in [5.41, 5.74) is -0.126. The highest BCUT2D eigenvalue weighted by Gasteiger charge is 2.32. The zero-order chi connectivity index (χ0) is 17.3. The van der Waals surface area contributed by atoms with Crippen LogP contribution in [0.3, 0.4) is 0 Å². The maximum absolute atomic E-state index is 5.76. The number of nitrogens with one attached hydrogen (secondary N) is 2. The topological polar surface area (TPSA) is 58.1 Å². The molecule has 0 saturated carbocycles. The lowest BCUT2D eigenvalue weighted by Crippen LogP contribution is -2.51. The summed E-state index contributed by atoms with van der Waals surface area (Å²) in [5.74, 6) is 0.865. The quantitative estimate of drug-likeness (QED) is 0.260. The van der Waals surface area contributed by atoms with E-state index in [1.807, 2.05) is 7.05 Å². The van der Waals surface area contributed by atoms with E-state index in [0.29, 0.717) is 0 Å². The molecule has 0 aliphatic carbocycles. The highest BCUT2D eigenvalue weighted by atomic mass is 127. The van der Waals surface area contributed by atoms with Gasteiger partial charge in [0, 0.05) is 65.9 Å². The number of aliphatic imine (C=N–C) groups is 1. The fraction of sp³-hybridized carbons (Fsp3) is 0.944. The third-order valence-corrected chi connectivity index (χ3v) is 5.49. The molecule has 1 unspecified atom stereocenters. The molecule has 2 rings (SSSR count). The van der Waals surface area contributed by atoms with E-state index >= 15 is 0 Å². The monoisotopic (exact) mass is 468 g/mol. The molecule has 25 heavy (non-hydrogen) atoms. The third kappa shape index (κ3) is 7.56. The molecule has 148 valence electrons. The van der Waals surface area contributed by atoms with Crippen LogP contribution < -0.4 is 10.6 Å². The van der Waals surface area contributed by atoms with E-state index in [4.69, 9.17) is 9.47 Å². The second kappa shape index (κ2) is 12.3. The molecule has 2 heterocycles. The van der Waals surface area contributed by atoms with Gasteiger partial charge in [0.1, 0.15) is 0 Å². The van der Waals surface area contributed by atoms with Gasteiger partial charge < -0.3 is 25.0 Å². The van der Waals surface area contributed by atoms with Crippen molar-refractivity contribution >= 4 is 29.9 Å². The molecular weight excluding hydrogens is 431 g/mol. The van der Waals surface area contributed by atoms with Crippen LogP contribution in [0.4, 0.5) is 0 Å². The predicted octanol–water partition coefficient (Wildman–Crippen LogP) is 2.23. The molecule has 2 N–H and O–H groups in total. The average molecular weight is 468 g/mol. The first-order valence-electron chi connectivity index (χ1n) is 9.50. The van der Waals surface area contributed by atoms with Gasteiger partial charge in [0.05, 0.1) is 5.60 Å². The van der Waals surface area contributed by atoms with E-state index < -0.39 is 0 Å². The van der Waals surface area contributed by atoms with E-state index in [0.717, 1.165) is 57.6 Å². The normalized spacial score (nSPS) is 24.4.